The molecular weight excluding hydrogens is 414 g/mol. The lowest BCUT2D eigenvalue weighted by atomic mass is 10.2. The molecule has 0 saturated heterocycles. The van der Waals surface area contributed by atoms with Crippen LogP contribution < -0.4 is 5.56 Å². The van der Waals surface area contributed by atoms with Crippen molar-refractivity contribution in [2.75, 3.05) is 0 Å². The number of H-pyrrole nitrogens is 1. The van der Waals surface area contributed by atoms with Crippen LogP contribution in [0, 0.1) is 0 Å². The first kappa shape index (κ1) is 20.5. The number of hydrogen-bond donors (Lipinski definition) is 1. The van der Waals surface area contributed by atoms with Gasteiger partial charge in [0.2, 0.25) is 5.91 Å². The van der Waals surface area contributed by atoms with Gasteiger partial charge < -0.3 is 14.3 Å². The number of amides is 1. The summed E-state index contributed by atoms with van der Waals surface area (Å²) in [6.45, 7) is 0.541. The second kappa shape index (κ2) is 8.96. The first-order chi connectivity index (χ1) is 16.2. The van der Waals surface area contributed by atoms with Gasteiger partial charge in [-0.1, -0.05) is 60.7 Å². The molecule has 0 aliphatic rings. The molecule has 3 aromatic carbocycles. The molecule has 0 aliphatic heterocycles. The van der Waals surface area contributed by atoms with Crippen molar-refractivity contribution < 1.29 is 9.21 Å². The molecule has 0 aliphatic carbocycles. The Kier molecular flexibility index (Phi) is 5.55. The lowest BCUT2D eigenvalue weighted by Gasteiger charge is -2.21. The van der Waals surface area contributed by atoms with Gasteiger partial charge in [0.25, 0.3) is 5.56 Å². The Morgan fingerprint density at radius 3 is 2.55 bits per heavy atom. The molecule has 1 amide bonds. The van der Waals surface area contributed by atoms with Crippen LogP contribution in [0.4, 0.5) is 0 Å². The molecule has 0 radical (unpaired) electrons. The summed E-state index contributed by atoms with van der Waals surface area (Å²) >= 11 is 0. The minimum atomic E-state index is -0.222. The van der Waals surface area contributed by atoms with E-state index < -0.39 is 0 Å². The van der Waals surface area contributed by atoms with E-state index in [1.807, 2.05) is 66.7 Å². The Hall–Kier alpha value is -4.45. The SMILES string of the molecule is O=C(/C=C/c1cc2ccccc2o1)N(Cc1ccccc1)Cc1nc2ccccc2c(=O)[nH]1. The summed E-state index contributed by atoms with van der Waals surface area (Å²) in [6.07, 6.45) is 3.15. The minimum absolute atomic E-state index is 0.165. The molecular formula is C27H21N3O3. The van der Waals surface area contributed by atoms with Gasteiger partial charge in [-0.25, -0.2) is 4.98 Å². The van der Waals surface area contributed by atoms with E-state index in [2.05, 4.69) is 9.97 Å². The van der Waals surface area contributed by atoms with Crippen LogP contribution in [-0.2, 0) is 17.9 Å². The molecule has 6 nitrogen and oxygen atoms in total. The van der Waals surface area contributed by atoms with E-state index in [0.717, 1.165) is 16.5 Å². The fraction of sp³-hybridized carbons (Fsp3) is 0.0741. The van der Waals surface area contributed by atoms with Gasteiger partial charge >= 0.3 is 0 Å². The van der Waals surface area contributed by atoms with Gasteiger partial charge in [-0.3, -0.25) is 9.59 Å². The number of aromatic amines is 1. The molecule has 0 spiro atoms. The maximum absolute atomic E-state index is 13.2. The van der Waals surface area contributed by atoms with E-state index in [9.17, 15) is 9.59 Å². The van der Waals surface area contributed by atoms with Gasteiger partial charge in [0.05, 0.1) is 17.4 Å². The summed E-state index contributed by atoms with van der Waals surface area (Å²) in [5, 5.41) is 1.50. The van der Waals surface area contributed by atoms with Crippen molar-refractivity contribution in [1.82, 2.24) is 14.9 Å². The maximum atomic E-state index is 13.2. The van der Waals surface area contributed by atoms with Crippen molar-refractivity contribution in [3.8, 4) is 0 Å². The second-order valence-corrected chi connectivity index (χ2v) is 7.73. The molecule has 162 valence electrons. The normalized spacial score (nSPS) is 11.4. The van der Waals surface area contributed by atoms with Gasteiger partial charge in [-0.15, -0.1) is 0 Å². The third kappa shape index (κ3) is 4.60. The lowest BCUT2D eigenvalue weighted by molar-refractivity contribution is -0.127. The molecule has 0 saturated carbocycles. The van der Waals surface area contributed by atoms with Crippen LogP contribution in [0.3, 0.4) is 0 Å². The average molecular weight is 435 g/mol. The zero-order valence-electron chi connectivity index (χ0n) is 17.8. The monoisotopic (exact) mass is 435 g/mol. The second-order valence-electron chi connectivity index (χ2n) is 7.73. The van der Waals surface area contributed by atoms with Crippen LogP contribution in [0.1, 0.15) is 17.1 Å². The Labute approximate surface area is 189 Å². The molecule has 1 N–H and O–H groups in total. The van der Waals surface area contributed by atoms with Gasteiger partial charge in [0.1, 0.15) is 17.2 Å². The zero-order chi connectivity index (χ0) is 22.6. The molecule has 6 heteroatoms. The van der Waals surface area contributed by atoms with E-state index in [1.165, 1.54) is 6.08 Å². The van der Waals surface area contributed by atoms with Gasteiger partial charge in [-0.05, 0) is 35.9 Å². The molecule has 2 aromatic heterocycles. The number of aromatic nitrogens is 2. The summed E-state index contributed by atoms with van der Waals surface area (Å²) < 4.78 is 5.78. The summed E-state index contributed by atoms with van der Waals surface area (Å²) in [7, 11) is 0. The van der Waals surface area contributed by atoms with Crippen LogP contribution in [0.2, 0.25) is 0 Å². The quantitative estimate of drug-likeness (QED) is 0.384. The Morgan fingerprint density at radius 2 is 1.70 bits per heavy atom. The summed E-state index contributed by atoms with van der Waals surface area (Å²) in [4.78, 5) is 34.7. The van der Waals surface area contributed by atoms with Gasteiger partial charge in [-0.2, -0.15) is 0 Å². The largest absolute Gasteiger partial charge is 0.457 e. The van der Waals surface area contributed by atoms with Crippen molar-refractivity contribution in [3.63, 3.8) is 0 Å². The first-order valence-corrected chi connectivity index (χ1v) is 10.6. The minimum Gasteiger partial charge on any atom is -0.457 e. The number of benzene rings is 3. The number of furan rings is 1. The predicted molar refractivity (Wildman–Crippen MR) is 128 cm³/mol. The highest BCUT2D eigenvalue weighted by Crippen LogP contribution is 2.20. The maximum Gasteiger partial charge on any atom is 0.258 e. The highest BCUT2D eigenvalue weighted by Gasteiger charge is 2.15. The molecule has 0 fully saturated rings. The van der Waals surface area contributed by atoms with Crippen molar-refractivity contribution >= 4 is 33.9 Å². The Morgan fingerprint density at radius 1 is 0.939 bits per heavy atom. The number of carbonyl (C=O) groups is 1. The molecule has 33 heavy (non-hydrogen) atoms. The third-order valence-corrected chi connectivity index (χ3v) is 5.37. The molecule has 5 aromatic rings. The van der Waals surface area contributed by atoms with Crippen LogP contribution in [0.5, 0.6) is 0 Å². The van der Waals surface area contributed by atoms with Crippen LogP contribution in [-0.4, -0.2) is 20.8 Å². The zero-order valence-corrected chi connectivity index (χ0v) is 17.8. The topological polar surface area (TPSA) is 79.2 Å². The van der Waals surface area contributed by atoms with E-state index >= 15 is 0 Å². The first-order valence-electron chi connectivity index (χ1n) is 10.6. The number of para-hydroxylation sites is 2. The van der Waals surface area contributed by atoms with Crippen molar-refractivity contribution in [1.29, 1.82) is 0 Å². The number of carbonyl (C=O) groups excluding carboxylic acids is 1. The highest BCUT2D eigenvalue weighted by atomic mass is 16.3. The Bertz CT molecular complexity index is 1480. The van der Waals surface area contributed by atoms with Crippen molar-refractivity contribution in [2.24, 2.45) is 0 Å². The number of rotatable bonds is 6. The fourth-order valence-electron chi connectivity index (χ4n) is 3.75. The van der Waals surface area contributed by atoms with Gasteiger partial charge in [0, 0.05) is 18.0 Å². The molecule has 0 atom stereocenters. The number of nitrogens with zero attached hydrogens (tertiary/aromatic N) is 2. The Balaban J connectivity index is 1.43. The lowest BCUT2D eigenvalue weighted by Crippen LogP contribution is -2.30. The van der Waals surface area contributed by atoms with Crippen LogP contribution >= 0.6 is 0 Å². The van der Waals surface area contributed by atoms with E-state index in [1.54, 1.807) is 29.2 Å². The third-order valence-electron chi connectivity index (χ3n) is 5.37. The summed E-state index contributed by atoms with van der Waals surface area (Å²) in [5.41, 5.74) is 2.12. The number of hydrogen-bond acceptors (Lipinski definition) is 4. The smallest absolute Gasteiger partial charge is 0.258 e. The molecule has 2 heterocycles. The van der Waals surface area contributed by atoms with Crippen LogP contribution in [0.25, 0.3) is 27.9 Å². The number of nitrogens with one attached hydrogen (secondary N) is 1. The van der Waals surface area contributed by atoms with Gasteiger partial charge in [0.15, 0.2) is 0 Å². The summed E-state index contributed by atoms with van der Waals surface area (Å²) in [6, 6.07) is 26.4. The van der Waals surface area contributed by atoms with E-state index in [0.29, 0.717) is 29.0 Å². The molecule has 0 bridgehead atoms. The van der Waals surface area contributed by atoms with E-state index in [-0.39, 0.29) is 18.0 Å². The molecule has 0 unspecified atom stereocenters. The average Bonchev–Trinajstić information content (AvgIpc) is 3.26. The standard InChI is InChI=1S/C27H21N3O3/c31-26(15-14-21-16-20-10-4-7-13-24(20)33-21)30(17-19-8-2-1-3-9-19)18-25-28-23-12-6-5-11-22(23)27(32)29-25/h1-16H,17-18H2,(H,28,29,32)/b15-14+. The van der Waals surface area contributed by atoms with Crippen molar-refractivity contribution in [2.45, 2.75) is 13.1 Å². The van der Waals surface area contributed by atoms with E-state index in [4.69, 9.17) is 4.42 Å². The fourth-order valence-corrected chi connectivity index (χ4v) is 3.75. The number of fused-ring (bicyclic) bond motifs is 2. The van der Waals surface area contributed by atoms with Crippen LogP contribution in [0.15, 0.2) is 100 Å². The van der Waals surface area contributed by atoms with Crippen molar-refractivity contribution in [3.05, 3.63) is 119 Å². The highest BCUT2D eigenvalue weighted by molar-refractivity contribution is 5.92. The summed E-state index contributed by atoms with van der Waals surface area (Å²) in [5.74, 6) is 0.816. The predicted octanol–water partition coefficient (Wildman–Crippen LogP) is 4.91. The molecule has 5 rings (SSSR count).